The molecular formula is C20H25F2N3O3. The molecule has 0 aromatic heterocycles. The minimum absolute atomic E-state index is 0.0295. The minimum atomic E-state index is -2.92. The van der Waals surface area contributed by atoms with Crippen LogP contribution in [0.2, 0.25) is 0 Å². The smallest absolute Gasteiger partial charge is 0.387 e. The van der Waals surface area contributed by atoms with Crippen molar-refractivity contribution in [1.82, 2.24) is 15.1 Å². The summed E-state index contributed by atoms with van der Waals surface area (Å²) < 4.78 is 29.4. The second-order valence-corrected chi connectivity index (χ2v) is 7.07. The lowest BCUT2D eigenvalue weighted by Crippen LogP contribution is -2.55. The van der Waals surface area contributed by atoms with Crippen LogP contribution in [0, 0.1) is 0 Å². The van der Waals surface area contributed by atoms with E-state index in [2.05, 4.69) is 15.0 Å². The van der Waals surface area contributed by atoms with Crippen LogP contribution in [0.3, 0.4) is 0 Å². The van der Waals surface area contributed by atoms with Gasteiger partial charge in [0.2, 0.25) is 11.8 Å². The lowest BCUT2D eigenvalue weighted by atomic mass is 10.1. The number of halogens is 2. The molecule has 1 unspecified atom stereocenters. The van der Waals surface area contributed by atoms with Gasteiger partial charge in [-0.05, 0) is 31.9 Å². The van der Waals surface area contributed by atoms with E-state index in [0.717, 1.165) is 12.8 Å². The van der Waals surface area contributed by atoms with Gasteiger partial charge in [0.05, 0.1) is 6.04 Å². The second kappa shape index (κ2) is 9.14. The molecule has 8 heteroatoms. The van der Waals surface area contributed by atoms with E-state index in [0.29, 0.717) is 37.8 Å². The number of hydrogen-bond acceptors (Lipinski definition) is 4. The topological polar surface area (TPSA) is 61.9 Å². The van der Waals surface area contributed by atoms with Gasteiger partial charge in [0, 0.05) is 43.9 Å². The Morgan fingerprint density at radius 3 is 2.50 bits per heavy atom. The van der Waals surface area contributed by atoms with Gasteiger partial charge in [-0.2, -0.15) is 8.78 Å². The van der Waals surface area contributed by atoms with Crippen molar-refractivity contribution < 1.29 is 23.1 Å². The van der Waals surface area contributed by atoms with Crippen molar-refractivity contribution in [3.8, 4) is 5.75 Å². The monoisotopic (exact) mass is 393 g/mol. The number of piperazine rings is 1. The molecule has 2 amide bonds. The molecule has 2 fully saturated rings. The molecule has 28 heavy (non-hydrogen) atoms. The molecule has 1 aromatic rings. The molecule has 2 aliphatic rings. The van der Waals surface area contributed by atoms with Crippen molar-refractivity contribution in [2.24, 2.45) is 0 Å². The average molecular weight is 393 g/mol. The molecule has 152 valence electrons. The molecule has 3 rings (SSSR count). The molecule has 0 spiro atoms. The lowest BCUT2D eigenvalue weighted by molar-refractivity contribution is -0.130. The summed E-state index contributed by atoms with van der Waals surface area (Å²) in [6.45, 7) is 1.22. The second-order valence-electron chi connectivity index (χ2n) is 7.07. The Morgan fingerprint density at radius 2 is 1.86 bits per heavy atom. The van der Waals surface area contributed by atoms with E-state index in [1.807, 2.05) is 6.92 Å². The van der Waals surface area contributed by atoms with E-state index in [-0.39, 0.29) is 23.6 Å². The third-order valence-electron chi connectivity index (χ3n) is 5.02. The molecule has 1 aliphatic heterocycles. The molecule has 1 saturated carbocycles. The van der Waals surface area contributed by atoms with Crippen molar-refractivity contribution in [3.05, 3.63) is 35.9 Å². The Bertz CT molecular complexity index is 729. The molecule has 1 aromatic carbocycles. The third kappa shape index (κ3) is 5.51. The molecule has 1 atom stereocenters. The molecular weight excluding hydrogens is 368 g/mol. The number of ether oxygens (including phenoxy) is 1. The Kier molecular flexibility index (Phi) is 6.61. The lowest BCUT2D eigenvalue weighted by Gasteiger charge is -2.37. The highest BCUT2D eigenvalue weighted by molar-refractivity contribution is 5.92. The highest BCUT2D eigenvalue weighted by Crippen LogP contribution is 2.22. The van der Waals surface area contributed by atoms with Gasteiger partial charge < -0.3 is 15.0 Å². The zero-order chi connectivity index (χ0) is 20.1. The van der Waals surface area contributed by atoms with E-state index in [1.165, 1.54) is 18.2 Å². The molecule has 6 nitrogen and oxygen atoms in total. The van der Waals surface area contributed by atoms with E-state index in [1.54, 1.807) is 23.1 Å². The number of carbonyl (C=O) groups is 2. The largest absolute Gasteiger partial charge is 0.434 e. The third-order valence-corrected chi connectivity index (χ3v) is 5.02. The normalized spacial score (nSPS) is 19.1. The van der Waals surface area contributed by atoms with Gasteiger partial charge in [-0.1, -0.05) is 18.2 Å². The zero-order valence-corrected chi connectivity index (χ0v) is 15.8. The number of carbonyl (C=O) groups excluding carboxylic acids is 2. The minimum Gasteiger partial charge on any atom is -0.434 e. The molecule has 1 heterocycles. The zero-order valence-electron chi connectivity index (χ0n) is 15.8. The highest BCUT2D eigenvalue weighted by Gasteiger charge is 2.30. The number of nitrogens with one attached hydrogen (secondary N) is 1. The van der Waals surface area contributed by atoms with Gasteiger partial charge >= 0.3 is 6.61 Å². The molecule has 1 aliphatic carbocycles. The summed E-state index contributed by atoms with van der Waals surface area (Å²) in [4.78, 5) is 28.3. The average Bonchev–Trinajstić information content (AvgIpc) is 3.50. The SMILES string of the molecule is CC(C(=O)NC1CC1)N1CCN(C(=O)/C=C/c2ccccc2OC(F)F)CC1. The summed E-state index contributed by atoms with van der Waals surface area (Å²) in [6.07, 6.45) is 4.96. The van der Waals surface area contributed by atoms with E-state index >= 15 is 0 Å². The predicted molar refractivity (Wildman–Crippen MR) is 101 cm³/mol. The molecule has 0 bridgehead atoms. The van der Waals surface area contributed by atoms with Crippen LogP contribution in [0.25, 0.3) is 6.08 Å². The van der Waals surface area contributed by atoms with Gasteiger partial charge in [-0.25, -0.2) is 0 Å². The summed E-state index contributed by atoms with van der Waals surface area (Å²) in [5.41, 5.74) is 0.417. The Balaban J connectivity index is 1.51. The van der Waals surface area contributed by atoms with Crippen molar-refractivity contribution in [2.45, 2.75) is 38.5 Å². The number of rotatable bonds is 7. The number of benzene rings is 1. The van der Waals surface area contributed by atoms with Crippen molar-refractivity contribution in [2.75, 3.05) is 26.2 Å². The van der Waals surface area contributed by atoms with Crippen LogP contribution in [0.15, 0.2) is 30.3 Å². The van der Waals surface area contributed by atoms with Crippen molar-refractivity contribution in [3.63, 3.8) is 0 Å². The van der Waals surface area contributed by atoms with Gasteiger partial charge in [-0.3, -0.25) is 14.5 Å². The number of alkyl halides is 2. The maximum Gasteiger partial charge on any atom is 0.387 e. The van der Waals surface area contributed by atoms with Crippen LogP contribution in [0.1, 0.15) is 25.3 Å². The Morgan fingerprint density at radius 1 is 1.18 bits per heavy atom. The summed E-state index contributed by atoms with van der Waals surface area (Å²) in [6, 6.07) is 6.45. The fourth-order valence-corrected chi connectivity index (χ4v) is 3.13. The van der Waals surface area contributed by atoms with E-state index in [9.17, 15) is 18.4 Å². The number of hydrogen-bond donors (Lipinski definition) is 1. The quantitative estimate of drug-likeness (QED) is 0.721. The van der Waals surface area contributed by atoms with E-state index in [4.69, 9.17) is 0 Å². The first-order valence-electron chi connectivity index (χ1n) is 9.49. The summed E-state index contributed by atoms with van der Waals surface area (Å²) in [5, 5.41) is 3.00. The summed E-state index contributed by atoms with van der Waals surface area (Å²) in [7, 11) is 0. The van der Waals surface area contributed by atoms with Crippen LogP contribution in [0.5, 0.6) is 5.75 Å². The van der Waals surface area contributed by atoms with Crippen LogP contribution in [0.4, 0.5) is 8.78 Å². The first kappa shape index (κ1) is 20.3. The molecule has 1 saturated heterocycles. The van der Waals surface area contributed by atoms with Crippen molar-refractivity contribution in [1.29, 1.82) is 0 Å². The number of para-hydroxylation sites is 1. The van der Waals surface area contributed by atoms with Gasteiger partial charge in [0.1, 0.15) is 5.75 Å². The fourth-order valence-electron chi connectivity index (χ4n) is 3.13. The molecule has 1 N–H and O–H groups in total. The first-order valence-corrected chi connectivity index (χ1v) is 9.49. The highest BCUT2D eigenvalue weighted by atomic mass is 19.3. The van der Waals surface area contributed by atoms with Crippen molar-refractivity contribution >= 4 is 17.9 Å². The standard InChI is InChI=1S/C20H25F2N3O3/c1-14(19(27)23-16-7-8-16)24-10-12-25(13-11-24)18(26)9-6-15-4-2-3-5-17(15)28-20(21)22/h2-6,9,14,16,20H,7-8,10-13H2,1H3,(H,23,27)/b9-6+. The summed E-state index contributed by atoms with van der Waals surface area (Å²) in [5.74, 6) is -0.124. The Labute approximate surface area is 163 Å². The van der Waals surface area contributed by atoms with Gasteiger partial charge in [0.15, 0.2) is 0 Å². The maximum absolute atomic E-state index is 12.5. The maximum atomic E-state index is 12.5. The molecule has 0 radical (unpaired) electrons. The van der Waals surface area contributed by atoms with Crippen LogP contribution in [-0.2, 0) is 9.59 Å². The Hall–Kier alpha value is -2.48. The van der Waals surface area contributed by atoms with Crippen LogP contribution >= 0.6 is 0 Å². The van der Waals surface area contributed by atoms with E-state index < -0.39 is 6.61 Å². The summed E-state index contributed by atoms with van der Waals surface area (Å²) >= 11 is 0. The van der Waals surface area contributed by atoms with Gasteiger partial charge in [-0.15, -0.1) is 0 Å². The fraction of sp³-hybridized carbons (Fsp3) is 0.500. The van der Waals surface area contributed by atoms with Crippen LogP contribution < -0.4 is 10.1 Å². The first-order chi connectivity index (χ1) is 13.4. The van der Waals surface area contributed by atoms with Crippen LogP contribution in [-0.4, -0.2) is 66.5 Å². The predicted octanol–water partition coefficient (Wildman–Crippen LogP) is 2.11. The van der Waals surface area contributed by atoms with Gasteiger partial charge in [0.25, 0.3) is 0 Å². The number of amides is 2. The number of nitrogens with zero attached hydrogens (tertiary/aromatic N) is 2.